The molecule has 2 aliphatic rings. The molecule has 2 rings (SSSR count). The molecule has 4 heteroatoms. The molecule has 118 valence electrons. The third-order valence-electron chi connectivity index (χ3n) is 5.32. The van der Waals surface area contributed by atoms with Gasteiger partial charge in [0, 0.05) is 13.0 Å². The predicted molar refractivity (Wildman–Crippen MR) is 86.0 cm³/mol. The third-order valence-corrected chi connectivity index (χ3v) is 5.32. The molecule has 2 fully saturated rings. The Balaban J connectivity index is 0.00000200. The quantitative estimate of drug-likeness (QED) is 0.818. The molecule has 0 heterocycles. The zero-order valence-corrected chi connectivity index (χ0v) is 13.6. The molecule has 0 bridgehead atoms. The summed E-state index contributed by atoms with van der Waals surface area (Å²) in [5.74, 6) is 1.51. The summed E-state index contributed by atoms with van der Waals surface area (Å²) in [5, 5.41) is 3.25. The van der Waals surface area contributed by atoms with Crippen molar-refractivity contribution in [1.29, 1.82) is 0 Å². The van der Waals surface area contributed by atoms with E-state index < -0.39 is 0 Å². The van der Waals surface area contributed by atoms with Crippen LogP contribution in [0, 0.1) is 11.8 Å². The van der Waals surface area contributed by atoms with Crippen LogP contribution in [-0.2, 0) is 4.79 Å². The molecule has 1 unspecified atom stereocenters. The van der Waals surface area contributed by atoms with Crippen molar-refractivity contribution in [1.82, 2.24) is 5.32 Å². The van der Waals surface area contributed by atoms with Crippen LogP contribution in [0.1, 0.15) is 71.1 Å². The first-order chi connectivity index (χ1) is 9.15. The third kappa shape index (κ3) is 4.63. The van der Waals surface area contributed by atoms with Gasteiger partial charge in [0.25, 0.3) is 0 Å². The van der Waals surface area contributed by atoms with E-state index in [1.165, 1.54) is 44.9 Å². The number of carbonyl (C=O) groups excluding carboxylic acids is 1. The molecular weight excluding hydrogens is 272 g/mol. The van der Waals surface area contributed by atoms with Crippen molar-refractivity contribution in [2.75, 3.05) is 6.54 Å². The summed E-state index contributed by atoms with van der Waals surface area (Å²) in [6.45, 7) is 2.84. The Hall–Kier alpha value is -0.280. The van der Waals surface area contributed by atoms with Crippen LogP contribution in [0.3, 0.4) is 0 Å². The molecule has 0 saturated heterocycles. The minimum Gasteiger partial charge on any atom is -0.349 e. The second-order valence-electron chi connectivity index (χ2n) is 6.82. The highest BCUT2D eigenvalue weighted by Crippen LogP contribution is 2.32. The average Bonchev–Trinajstić information content (AvgIpc) is 2.88. The van der Waals surface area contributed by atoms with Crippen LogP contribution in [-0.4, -0.2) is 18.0 Å². The zero-order chi connectivity index (χ0) is 13.7. The molecule has 1 amide bonds. The van der Waals surface area contributed by atoms with Gasteiger partial charge in [0.05, 0.1) is 5.54 Å². The van der Waals surface area contributed by atoms with E-state index in [2.05, 4.69) is 12.2 Å². The van der Waals surface area contributed by atoms with E-state index in [0.29, 0.717) is 18.9 Å². The number of hydrogen-bond donors (Lipinski definition) is 2. The van der Waals surface area contributed by atoms with Crippen molar-refractivity contribution >= 4 is 18.3 Å². The van der Waals surface area contributed by atoms with Crippen molar-refractivity contribution in [2.45, 2.75) is 76.7 Å². The Morgan fingerprint density at radius 1 is 1.20 bits per heavy atom. The van der Waals surface area contributed by atoms with Crippen molar-refractivity contribution in [3.63, 3.8) is 0 Å². The monoisotopic (exact) mass is 302 g/mol. The van der Waals surface area contributed by atoms with Crippen LogP contribution < -0.4 is 11.1 Å². The number of nitrogens with two attached hydrogens (primary N) is 1. The lowest BCUT2D eigenvalue weighted by molar-refractivity contribution is -0.124. The molecule has 3 nitrogen and oxygen atoms in total. The highest BCUT2D eigenvalue weighted by atomic mass is 35.5. The minimum atomic E-state index is -0.0800. The molecule has 3 N–H and O–H groups in total. The number of nitrogens with one attached hydrogen (secondary N) is 1. The van der Waals surface area contributed by atoms with Gasteiger partial charge in [-0.3, -0.25) is 4.79 Å². The Kier molecular flexibility index (Phi) is 7.32. The van der Waals surface area contributed by atoms with Crippen molar-refractivity contribution in [3.05, 3.63) is 0 Å². The Labute approximate surface area is 129 Å². The van der Waals surface area contributed by atoms with Gasteiger partial charge in [0.15, 0.2) is 0 Å². The topological polar surface area (TPSA) is 55.1 Å². The fraction of sp³-hybridized carbons (Fsp3) is 0.938. The Morgan fingerprint density at radius 3 is 2.35 bits per heavy atom. The largest absolute Gasteiger partial charge is 0.349 e. The van der Waals surface area contributed by atoms with E-state index in [-0.39, 0.29) is 23.9 Å². The summed E-state index contributed by atoms with van der Waals surface area (Å²) in [6, 6.07) is 0. The van der Waals surface area contributed by atoms with Crippen molar-refractivity contribution in [2.24, 2.45) is 17.6 Å². The predicted octanol–water partition coefficient (Wildman–Crippen LogP) is 3.40. The molecule has 0 aromatic heterocycles. The highest BCUT2D eigenvalue weighted by Gasteiger charge is 2.34. The van der Waals surface area contributed by atoms with E-state index in [1.807, 2.05) is 0 Å². The maximum absolute atomic E-state index is 12.2. The molecule has 2 saturated carbocycles. The minimum absolute atomic E-state index is 0. The highest BCUT2D eigenvalue weighted by molar-refractivity contribution is 5.85. The smallest absolute Gasteiger partial charge is 0.220 e. The van der Waals surface area contributed by atoms with E-state index in [0.717, 1.165) is 18.8 Å². The van der Waals surface area contributed by atoms with Crippen molar-refractivity contribution in [3.8, 4) is 0 Å². The van der Waals surface area contributed by atoms with E-state index in [1.54, 1.807) is 0 Å². The summed E-state index contributed by atoms with van der Waals surface area (Å²) in [6.07, 6.45) is 11.9. The molecule has 1 atom stereocenters. The molecule has 0 aromatic rings. The summed E-state index contributed by atoms with van der Waals surface area (Å²) in [7, 11) is 0. The van der Waals surface area contributed by atoms with Gasteiger partial charge >= 0.3 is 0 Å². The lowest BCUT2D eigenvalue weighted by atomic mass is 9.79. The van der Waals surface area contributed by atoms with Gasteiger partial charge in [0.1, 0.15) is 0 Å². The average molecular weight is 303 g/mol. The number of amides is 1. The first kappa shape index (κ1) is 17.8. The van der Waals surface area contributed by atoms with E-state index in [9.17, 15) is 4.79 Å². The van der Waals surface area contributed by atoms with Crippen LogP contribution in [0.4, 0.5) is 0 Å². The second kappa shape index (κ2) is 8.23. The summed E-state index contributed by atoms with van der Waals surface area (Å²) < 4.78 is 0. The van der Waals surface area contributed by atoms with Gasteiger partial charge < -0.3 is 11.1 Å². The van der Waals surface area contributed by atoms with Gasteiger partial charge in [-0.15, -0.1) is 12.4 Å². The van der Waals surface area contributed by atoms with E-state index in [4.69, 9.17) is 5.73 Å². The van der Waals surface area contributed by atoms with Crippen LogP contribution in [0.5, 0.6) is 0 Å². The summed E-state index contributed by atoms with van der Waals surface area (Å²) >= 11 is 0. The first-order valence-corrected chi connectivity index (χ1v) is 8.16. The van der Waals surface area contributed by atoms with Crippen LogP contribution in [0.15, 0.2) is 0 Å². The standard InChI is InChI=1S/C16H30N2O.ClH/c1-13(14-7-3-2-4-8-14)11-15(19)18-16(12-17)9-5-6-10-16;/h13-14H,2-12,17H2,1H3,(H,18,19);1H. The van der Waals surface area contributed by atoms with Crippen LogP contribution in [0.25, 0.3) is 0 Å². The maximum atomic E-state index is 12.2. The van der Waals surface area contributed by atoms with Gasteiger partial charge in [-0.05, 0) is 24.7 Å². The van der Waals surface area contributed by atoms with Gasteiger partial charge in [-0.25, -0.2) is 0 Å². The SMILES string of the molecule is CC(CC(=O)NC1(CN)CCCC1)C1CCCCC1.Cl. The summed E-state index contributed by atoms with van der Waals surface area (Å²) in [5.41, 5.74) is 5.80. The molecule has 0 aliphatic heterocycles. The molecule has 0 radical (unpaired) electrons. The molecule has 0 spiro atoms. The summed E-state index contributed by atoms with van der Waals surface area (Å²) in [4.78, 5) is 12.2. The molecular formula is C16H31ClN2O. The Bertz CT molecular complexity index is 297. The zero-order valence-electron chi connectivity index (χ0n) is 12.8. The Morgan fingerprint density at radius 2 is 1.80 bits per heavy atom. The van der Waals surface area contributed by atoms with Gasteiger partial charge in [-0.2, -0.15) is 0 Å². The first-order valence-electron chi connectivity index (χ1n) is 8.16. The molecule has 2 aliphatic carbocycles. The number of rotatable bonds is 5. The molecule has 0 aromatic carbocycles. The second-order valence-corrected chi connectivity index (χ2v) is 6.82. The number of hydrogen-bond acceptors (Lipinski definition) is 2. The fourth-order valence-corrected chi connectivity index (χ4v) is 3.94. The lowest BCUT2D eigenvalue weighted by Crippen LogP contribution is -2.52. The van der Waals surface area contributed by atoms with Crippen LogP contribution in [0.2, 0.25) is 0 Å². The number of carbonyl (C=O) groups is 1. The number of halogens is 1. The van der Waals surface area contributed by atoms with Crippen LogP contribution >= 0.6 is 12.4 Å². The maximum Gasteiger partial charge on any atom is 0.220 e. The molecule has 20 heavy (non-hydrogen) atoms. The normalized spacial score (nSPS) is 23.9. The van der Waals surface area contributed by atoms with E-state index >= 15 is 0 Å². The lowest BCUT2D eigenvalue weighted by Gasteiger charge is -2.31. The fourth-order valence-electron chi connectivity index (χ4n) is 3.94. The van der Waals surface area contributed by atoms with Crippen molar-refractivity contribution < 1.29 is 4.79 Å². The van der Waals surface area contributed by atoms with Gasteiger partial charge in [-0.1, -0.05) is 51.9 Å². The van der Waals surface area contributed by atoms with Gasteiger partial charge in [0.2, 0.25) is 5.91 Å².